The molecular formula is C10H10ClFN2O2. The van der Waals surface area contributed by atoms with Crippen LogP contribution in [0.5, 0.6) is 0 Å². The Kier molecular flexibility index (Phi) is 3.84. The Morgan fingerprint density at radius 2 is 2.12 bits per heavy atom. The molecule has 1 aromatic carbocycles. The van der Waals surface area contributed by atoms with E-state index in [1.54, 1.807) is 0 Å². The third-order valence-electron chi connectivity index (χ3n) is 1.92. The Hall–Kier alpha value is -1.62. The van der Waals surface area contributed by atoms with Crippen LogP contribution in [0.15, 0.2) is 18.2 Å². The summed E-state index contributed by atoms with van der Waals surface area (Å²) in [6, 6.07) is 3.91. The van der Waals surface area contributed by atoms with E-state index < -0.39 is 17.6 Å². The van der Waals surface area contributed by atoms with Crippen LogP contribution in [-0.2, 0) is 4.79 Å². The van der Waals surface area contributed by atoms with Gasteiger partial charge in [-0.25, -0.2) is 4.39 Å². The number of benzene rings is 1. The van der Waals surface area contributed by atoms with Crippen LogP contribution >= 0.6 is 11.6 Å². The van der Waals surface area contributed by atoms with Gasteiger partial charge < -0.3 is 10.6 Å². The van der Waals surface area contributed by atoms with Crippen molar-refractivity contribution < 1.29 is 14.0 Å². The van der Waals surface area contributed by atoms with E-state index in [4.69, 9.17) is 17.3 Å². The van der Waals surface area contributed by atoms with Gasteiger partial charge in [-0.2, -0.15) is 0 Å². The molecule has 0 atom stereocenters. The van der Waals surface area contributed by atoms with Crippen molar-refractivity contribution in [2.75, 3.05) is 13.6 Å². The molecule has 0 unspecified atom stereocenters. The fraction of sp³-hybridized carbons (Fsp3) is 0.200. The highest BCUT2D eigenvalue weighted by Crippen LogP contribution is 2.20. The topological polar surface area (TPSA) is 63.4 Å². The summed E-state index contributed by atoms with van der Waals surface area (Å²) >= 11 is 5.70. The molecule has 0 aliphatic carbocycles. The third-order valence-corrected chi connectivity index (χ3v) is 2.23. The molecule has 0 aromatic heterocycles. The molecule has 1 rings (SSSR count). The molecule has 16 heavy (non-hydrogen) atoms. The predicted octanol–water partition coefficient (Wildman–Crippen LogP) is 1.04. The standard InChI is InChI=1S/C10H10ClFN2O2/c1-14(5-8(13)15)10(16)9-6(11)3-2-4-7(9)12/h2-4H,5H2,1H3,(H2,13,15). The fourth-order valence-corrected chi connectivity index (χ4v) is 1.44. The van der Waals surface area contributed by atoms with Crippen LogP contribution in [0.2, 0.25) is 5.02 Å². The molecule has 86 valence electrons. The Morgan fingerprint density at radius 1 is 1.50 bits per heavy atom. The van der Waals surface area contributed by atoms with Gasteiger partial charge in [0.15, 0.2) is 0 Å². The summed E-state index contributed by atoms with van der Waals surface area (Å²) in [6.45, 7) is -0.288. The molecule has 1 aromatic rings. The van der Waals surface area contributed by atoms with Gasteiger partial charge in [0.05, 0.1) is 17.1 Å². The minimum absolute atomic E-state index is 0.00122. The van der Waals surface area contributed by atoms with E-state index in [1.807, 2.05) is 0 Å². The lowest BCUT2D eigenvalue weighted by Crippen LogP contribution is -2.35. The first-order valence-corrected chi connectivity index (χ1v) is 4.79. The van der Waals surface area contributed by atoms with Crippen molar-refractivity contribution in [1.82, 2.24) is 4.90 Å². The van der Waals surface area contributed by atoms with E-state index >= 15 is 0 Å². The van der Waals surface area contributed by atoms with Crippen molar-refractivity contribution in [2.45, 2.75) is 0 Å². The maximum Gasteiger partial charge on any atom is 0.258 e. The summed E-state index contributed by atoms with van der Waals surface area (Å²) in [5.74, 6) is -2.08. The van der Waals surface area contributed by atoms with Crippen LogP contribution in [0.25, 0.3) is 0 Å². The lowest BCUT2D eigenvalue weighted by Gasteiger charge is -2.16. The molecule has 0 saturated carbocycles. The first kappa shape index (κ1) is 12.4. The summed E-state index contributed by atoms with van der Waals surface area (Å²) in [7, 11) is 1.34. The quantitative estimate of drug-likeness (QED) is 0.863. The highest BCUT2D eigenvalue weighted by Gasteiger charge is 2.20. The Balaban J connectivity index is 3.00. The van der Waals surface area contributed by atoms with Crippen molar-refractivity contribution >= 4 is 23.4 Å². The number of nitrogens with two attached hydrogens (primary N) is 1. The second-order valence-electron chi connectivity index (χ2n) is 3.22. The Morgan fingerprint density at radius 3 is 2.62 bits per heavy atom. The van der Waals surface area contributed by atoms with Crippen molar-refractivity contribution in [3.05, 3.63) is 34.6 Å². The summed E-state index contributed by atoms with van der Waals surface area (Å²) < 4.78 is 13.4. The van der Waals surface area contributed by atoms with Crippen LogP contribution in [0, 0.1) is 5.82 Å². The first-order chi connectivity index (χ1) is 7.43. The van der Waals surface area contributed by atoms with Crippen molar-refractivity contribution in [2.24, 2.45) is 5.73 Å². The number of rotatable bonds is 3. The fourth-order valence-electron chi connectivity index (χ4n) is 1.20. The van der Waals surface area contributed by atoms with Gasteiger partial charge in [0, 0.05) is 7.05 Å². The van der Waals surface area contributed by atoms with Gasteiger partial charge in [0.25, 0.3) is 5.91 Å². The van der Waals surface area contributed by atoms with Gasteiger partial charge >= 0.3 is 0 Å². The number of carbonyl (C=O) groups excluding carboxylic acids is 2. The van der Waals surface area contributed by atoms with Gasteiger partial charge in [-0.15, -0.1) is 0 Å². The summed E-state index contributed by atoms with van der Waals surface area (Å²) in [4.78, 5) is 23.3. The number of amides is 2. The normalized spacial score (nSPS) is 9.94. The monoisotopic (exact) mass is 244 g/mol. The number of hydrogen-bond acceptors (Lipinski definition) is 2. The Labute approximate surface area is 96.8 Å². The van der Waals surface area contributed by atoms with E-state index in [9.17, 15) is 14.0 Å². The highest BCUT2D eigenvalue weighted by molar-refractivity contribution is 6.33. The summed E-state index contributed by atoms with van der Waals surface area (Å²) in [6.07, 6.45) is 0. The Bertz CT molecular complexity index is 417. The van der Waals surface area contributed by atoms with E-state index in [-0.39, 0.29) is 17.1 Å². The molecule has 0 bridgehead atoms. The molecule has 0 saturated heterocycles. The van der Waals surface area contributed by atoms with Crippen LogP contribution < -0.4 is 5.73 Å². The van der Waals surface area contributed by atoms with Gasteiger partial charge in [-0.3, -0.25) is 9.59 Å². The molecule has 2 N–H and O–H groups in total. The zero-order valence-electron chi connectivity index (χ0n) is 8.54. The van der Waals surface area contributed by atoms with Crippen molar-refractivity contribution in [3.63, 3.8) is 0 Å². The summed E-state index contributed by atoms with van der Waals surface area (Å²) in [5.41, 5.74) is 4.67. The molecule has 0 radical (unpaired) electrons. The molecule has 0 spiro atoms. The van der Waals surface area contributed by atoms with Gasteiger partial charge in [-0.1, -0.05) is 17.7 Å². The van der Waals surface area contributed by atoms with Gasteiger partial charge in [0.1, 0.15) is 5.82 Å². The first-order valence-electron chi connectivity index (χ1n) is 4.41. The SMILES string of the molecule is CN(CC(N)=O)C(=O)c1c(F)cccc1Cl. The summed E-state index contributed by atoms with van der Waals surface area (Å²) in [5, 5.41) is 0.00122. The van der Waals surface area contributed by atoms with Crippen LogP contribution in [0.3, 0.4) is 0 Å². The molecule has 2 amide bonds. The third kappa shape index (κ3) is 2.70. The van der Waals surface area contributed by atoms with E-state index in [0.29, 0.717) is 0 Å². The largest absolute Gasteiger partial charge is 0.368 e. The van der Waals surface area contributed by atoms with Crippen molar-refractivity contribution in [1.29, 1.82) is 0 Å². The number of nitrogens with zero attached hydrogens (tertiary/aromatic N) is 1. The number of hydrogen-bond donors (Lipinski definition) is 1. The average molecular weight is 245 g/mol. The maximum absolute atomic E-state index is 13.4. The van der Waals surface area contributed by atoms with Crippen LogP contribution in [0.1, 0.15) is 10.4 Å². The average Bonchev–Trinajstić information content (AvgIpc) is 2.16. The lowest BCUT2D eigenvalue weighted by atomic mass is 10.2. The molecule has 0 heterocycles. The highest BCUT2D eigenvalue weighted by atomic mass is 35.5. The molecule has 6 heteroatoms. The van der Waals surface area contributed by atoms with E-state index in [0.717, 1.165) is 11.0 Å². The molecule has 0 fully saturated rings. The molecular weight excluding hydrogens is 235 g/mol. The second-order valence-corrected chi connectivity index (χ2v) is 3.63. The predicted molar refractivity (Wildman–Crippen MR) is 57.6 cm³/mol. The molecule has 0 aliphatic heterocycles. The zero-order valence-corrected chi connectivity index (χ0v) is 9.29. The van der Waals surface area contributed by atoms with E-state index in [1.165, 1.54) is 19.2 Å². The second kappa shape index (κ2) is 4.94. The van der Waals surface area contributed by atoms with Gasteiger partial charge in [0.2, 0.25) is 5.91 Å². The van der Waals surface area contributed by atoms with Gasteiger partial charge in [-0.05, 0) is 12.1 Å². The minimum Gasteiger partial charge on any atom is -0.368 e. The van der Waals surface area contributed by atoms with Crippen molar-refractivity contribution in [3.8, 4) is 0 Å². The number of likely N-dealkylation sites (N-methyl/N-ethyl adjacent to an activating group) is 1. The van der Waals surface area contributed by atoms with E-state index in [2.05, 4.69) is 0 Å². The maximum atomic E-state index is 13.4. The minimum atomic E-state index is -0.728. The number of primary amides is 1. The number of carbonyl (C=O) groups is 2. The smallest absolute Gasteiger partial charge is 0.258 e. The zero-order chi connectivity index (χ0) is 12.3. The lowest BCUT2D eigenvalue weighted by molar-refractivity contribution is -0.118. The van der Waals surface area contributed by atoms with Crippen LogP contribution in [0.4, 0.5) is 4.39 Å². The molecule has 0 aliphatic rings. The molecule has 4 nitrogen and oxygen atoms in total. The van der Waals surface area contributed by atoms with Crippen LogP contribution in [-0.4, -0.2) is 30.3 Å². The number of halogens is 2.